The van der Waals surface area contributed by atoms with Crippen LogP contribution >= 0.6 is 0 Å². The Hall–Kier alpha value is -0.860. The molecule has 2 heteroatoms. The summed E-state index contributed by atoms with van der Waals surface area (Å²) in [6.07, 6.45) is -0.302. The normalized spacial score (nSPS) is 36.3. The molecule has 1 heterocycles. The summed E-state index contributed by atoms with van der Waals surface area (Å²) in [6.45, 7) is -0.327. The van der Waals surface area contributed by atoms with Crippen LogP contribution in [0.4, 0.5) is 0 Å². The summed E-state index contributed by atoms with van der Waals surface area (Å²) >= 11 is 0. The second kappa shape index (κ2) is 4.11. The van der Waals surface area contributed by atoms with Crippen molar-refractivity contribution in [2.75, 3.05) is 6.54 Å². The van der Waals surface area contributed by atoms with Gasteiger partial charge in [0.1, 0.15) is 0 Å². The Bertz CT molecular complexity index is 548. The van der Waals surface area contributed by atoms with Crippen LogP contribution in [0, 0.1) is 0 Å². The molecule has 1 fully saturated rings. The lowest BCUT2D eigenvalue weighted by Gasteiger charge is -2.22. The molecular weight excluding hydrogens is 174 g/mol. The molecule has 1 saturated heterocycles. The Morgan fingerprint density at radius 1 is 1.57 bits per heavy atom. The zero-order chi connectivity index (χ0) is 16.1. The minimum absolute atomic E-state index is 0.261. The SMILES string of the molecule is [2H]c1c([2H])c([2H])c(C([2H])([2H])N2CC[C@H](O)[C@H]2C)c([2H])c1[2H]. The second-order valence-corrected chi connectivity index (χ2v) is 3.40. The molecule has 1 aromatic carbocycles. The predicted molar refractivity (Wildman–Crippen MR) is 56.9 cm³/mol. The molecular formula is C12H17NO. The van der Waals surface area contributed by atoms with Crippen LogP contribution in [0.15, 0.2) is 30.2 Å². The fourth-order valence-electron chi connectivity index (χ4n) is 1.53. The minimum atomic E-state index is -2.25. The van der Waals surface area contributed by atoms with E-state index in [1.54, 1.807) is 6.92 Å². The standard InChI is InChI=1S/C12H17NO/c1-10-12(14)7-8-13(10)9-11-5-3-2-4-6-11/h2-6,10,12,14H,7-9H2,1H3/t10-,12+/m1/s1/i2D,3D,4D,5D,6D,9D2. The molecule has 14 heavy (non-hydrogen) atoms. The first-order valence-electron chi connectivity index (χ1n) is 8.13. The number of nitrogens with zero attached hydrogens (tertiary/aromatic N) is 1. The molecule has 0 amide bonds. The van der Waals surface area contributed by atoms with Crippen LogP contribution in [-0.4, -0.2) is 28.7 Å². The van der Waals surface area contributed by atoms with Crippen LogP contribution in [0.5, 0.6) is 0 Å². The zero-order valence-electron chi connectivity index (χ0n) is 15.0. The van der Waals surface area contributed by atoms with E-state index < -0.39 is 48.9 Å². The van der Waals surface area contributed by atoms with E-state index in [1.165, 1.54) is 4.90 Å². The number of rotatable bonds is 2. The highest BCUT2D eigenvalue weighted by atomic mass is 16.3. The van der Waals surface area contributed by atoms with Gasteiger partial charge in [-0.15, -0.1) is 0 Å². The summed E-state index contributed by atoms with van der Waals surface area (Å²) in [7, 11) is 0. The van der Waals surface area contributed by atoms with E-state index in [1.807, 2.05) is 0 Å². The van der Waals surface area contributed by atoms with Gasteiger partial charge in [0, 0.05) is 21.8 Å². The third kappa shape index (κ3) is 1.97. The van der Waals surface area contributed by atoms with E-state index in [-0.39, 0.29) is 12.1 Å². The zero-order valence-corrected chi connectivity index (χ0v) is 7.96. The minimum Gasteiger partial charge on any atom is -0.391 e. The molecule has 1 aliphatic heterocycles. The monoisotopic (exact) mass is 198 g/mol. The number of hydrogen-bond acceptors (Lipinski definition) is 2. The number of likely N-dealkylation sites (tertiary alicyclic amines) is 1. The van der Waals surface area contributed by atoms with Gasteiger partial charge in [-0.2, -0.15) is 0 Å². The summed E-state index contributed by atoms with van der Waals surface area (Å²) in [5.41, 5.74) is -0.380. The number of hydrogen-bond donors (Lipinski definition) is 1. The molecule has 2 atom stereocenters. The van der Waals surface area contributed by atoms with E-state index in [4.69, 9.17) is 9.60 Å². The van der Waals surface area contributed by atoms with Crippen molar-refractivity contribution in [1.82, 2.24) is 4.90 Å². The molecule has 1 N–H and O–H groups in total. The molecule has 0 spiro atoms. The largest absolute Gasteiger partial charge is 0.391 e. The van der Waals surface area contributed by atoms with Crippen LogP contribution in [-0.2, 0) is 6.50 Å². The maximum Gasteiger partial charge on any atom is 0.0705 e. The first-order chi connectivity index (χ1) is 9.60. The van der Waals surface area contributed by atoms with Crippen LogP contribution in [0.2, 0.25) is 0 Å². The molecule has 0 aromatic heterocycles. The molecule has 76 valence electrons. The second-order valence-electron chi connectivity index (χ2n) is 3.40. The van der Waals surface area contributed by atoms with Crippen molar-refractivity contribution in [1.29, 1.82) is 0 Å². The van der Waals surface area contributed by atoms with Gasteiger partial charge in [-0.05, 0) is 18.9 Å². The fraction of sp³-hybridized carbons (Fsp3) is 0.500. The smallest absolute Gasteiger partial charge is 0.0705 e. The molecule has 0 bridgehead atoms. The highest BCUT2D eigenvalue weighted by molar-refractivity contribution is 5.14. The molecule has 0 unspecified atom stereocenters. The van der Waals surface area contributed by atoms with Gasteiger partial charge in [0.2, 0.25) is 0 Å². The van der Waals surface area contributed by atoms with Crippen molar-refractivity contribution in [3.8, 4) is 0 Å². The lowest BCUT2D eigenvalue weighted by Crippen LogP contribution is -2.31. The Morgan fingerprint density at radius 2 is 2.29 bits per heavy atom. The molecule has 1 aliphatic rings. The highest BCUT2D eigenvalue weighted by Gasteiger charge is 2.28. The van der Waals surface area contributed by atoms with Gasteiger partial charge < -0.3 is 5.11 Å². The molecule has 0 radical (unpaired) electrons. The molecule has 0 saturated carbocycles. The first kappa shape index (κ1) is 4.33. The summed E-state index contributed by atoms with van der Waals surface area (Å²) in [5.74, 6) is 0. The van der Waals surface area contributed by atoms with Gasteiger partial charge in [0.15, 0.2) is 0 Å². The van der Waals surface area contributed by atoms with Gasteiger partial charge in [0.05, 0.1) is 13.0 Å². The molecule has 2 rings (SSSR count). The van der Waals surface area contributed by atoms with Gasteiger partial charge in [0.25, 0.3) is 0 Å². The van der Waals surface area contributed by atoms with Gasteiger partial charge in [-0.3, -0.25) is 4.90 Å². The number of aliphatic hydroxyl groups is 1. The Kier molecular flexibility index (Phi) is 1.27. The van der Waals surface area contributed by atoms with E-state index in [9.17, 15) is 5.11 Å². The maximum absolute atomic E-state index is 9.76. The highest BCUT2D eigenvalue weighted by Crippen LogP contribution is 2.19. The molecule has 0 aliphatic carbocycles. The van der Waals surface area contributed by atoms with E-state index in [2.05, 4.69) is 0 Å². The average Bonchev–Trinajstić information content (AvgIpc) is 2.75. The number of aliphatic hydroxyl groups excluding tert-OH is 1. The Morgan fingerprint density at radius 3 is 2.86 bits per heavy atom. The Balaban J connectivity index is 2.60. The Labute approximate surface area is 95.0 Å². The van der Waals surface area contributed by atoms with Crippen LogP contribution in [0.1, 0.15) is 28.5 Å². The third-order valence-corrected chi connectivity index (χ3v) is 2.47. The predicted octanol–water partition coefficient (Wildman–Crippen LogP) is 1.64. The third-order valence-electron chi connectivity index (χ3n) is 2.47. The topological polar surface area (TPSA) is 23.5 Å². The average molecular weight is 198 g/mol. The van der Waals surface area contributed by atoms with E-state index in [0.717, 1.165) is 0 Å². The molecule has 2 nitrogen and oxygen atoms in total. The summed E-state index contributed by atoms with van der Waals surface area (Å²) in [4.78, 5) is 1.34. The van der Waals surface area contributed by atoms with Gasteiger partial charge >= 0.3 is 0 Å². The maximum atomic E-state index is 9.76. The van der Waals surface area contributed by atoms with Crippen LogP contribution in [0.3, 0.4) is 0 Å². The summed E-state index contributed by atoms with van der Waals surface area (Å²) in [6, 6.07) is -3.22. The lowest BCUT2D eigenvalue weighted by molar-refractivity contribution is 0.123. The lowest BCUT2D eigenvalue weighted by atomic mass is 10.2. The van der Waals surface area contributed by atoms with Crippen molar-refractivity contribution in [3.63, 3.8) is 0 Å². The van der Waals surface area contributed by atoms with Gasteiger partial charge in [-0.1, -0.05) is 30.2 Å². The van der Waals surface area contributed by atoms with Crippen molar-refractivity contribution >= 4 is 0 Å². The summed E-state index contributed by atoms with van der Waals surface area (Å²) < 4.78 is 55.0. The number of benzene rings is 1. The first-order valence-corrected chi connectivity index (χ1v) is 4.63. The van der Waals surface area contributed by atoms with Crippen molar-refractivity contribution in [2.45, 2.75) is 32.0 Å². The molecule has 1 aromatic rings. The van der Waals surface area contributed by atoms with Gasteiger partial charge in [-0.25, -0.2) is 0 Å². The van der Waals surface area contributed by atoms with E-state index >= 15 is 0 Å². The van der Waals surface area contributed by atoms with E-state index in [0.29, 0.717) is 6.42 Å². The van der Waals surface area contributed by atoms with Crippen molar-refractivity contribution < 1.29 is 14.7 Å². The van der Waals surface area contributed by atoms with Crippen molar-refractivity contribution in [3.05, 3.63) is 35.8 Å². The quantitative estimate of drug-likeness (QED) is 0.781. The fourth-order valence-corrected chi connectivity index (χ4v) is 1.53. The van der Waals surface area contributed by atoms with Crippen LogP contribution in [0.25, 0.3) is 0 Å². The van der Waals surface area contributed by atoms with Crippen molar-refractivity contribution in [2.24, 2.45) is 0 Å². The van der Waals surface area contributed by atoms with Crippen LogP contribution < -0.4 is 0 Å². The summed E-state index contributed by atoms with van der Waals surface area (Å²) in [5, 5.41) is 9.76.